The Morgan fingerprint density at radius 1 is 1.22 bits per heavy atom. The van der Waals surface area contributed by atoms with Gasteiger partial charge in [0.05, 0.1) is 26.9 Å². The van der Waals surface area contributed by atoms with Gasteiger partial charge in [-0.1, -0.05) is 17.7 Å². The van der Waals surface area contributed by atoms with Crippen LogP contribution < -0.4 is 10.2 Å². The molecule has 1 saturated heterocycles. The average Bonchev–Trinajstić information content (AvgIpc) is 2.62. The van der Waals surface area contributed by atoms with E-state index in [0.29, 0.717) is 18.8 Å². The molecule has 3 rings (SSSR count). The van der Waals surface area contributed by atoms with Crippen LogP contribution in [0.3, 0.4) is 0 Å². The van der Waals surface area contributed by atoms with Gasteiger partial charge in [0.1, 0.15) is 5.82 Å². The Morgan fingerprint density at radius 2 is 1.93 bits per heavy atom. The van der Waals surface area contributed by atoms with Crippen molar-refractivity contribution in [3.8, 4) is 0 Å². The van der Waals surface area contributed by atoms with Crippen LogP contribution in [0, 0.1) is 15.9 Å². The van der Waals surface area contributed by atoms with Gasteiger partial charge in [-0.05, 0) is 25.2 Å². The van der Waals surface area contributed by atoms with Gasteiger partial charge in [0, 0.05) is 38.3 Å². The molecule has 2 aromatic carbocycles. The molecule has 1 amide bonds. The van der Waals surface area contributed by atoms with Crippen molar-refractivity contribution in [1.82, 2.24) is 4.90 Å². The van der Waals surface area contributed by atoms with E-state index in [9.17, 15) is 19.3 Å². The molecule has 0 radical (unpaired) electrons. The lowest BCUT2D eigenvalue weighted by molar-refractivity contribution is -0.384. The SMILES string of the molecule is CN1CCN(c2ccc([N+](=O)[O-])cc2NC(=O)c2c(F)cccc2Cl)CC1. The molecule has 1 heterocycles. The number of nitro benzene ring substituents is 1. The molecule has 9 heteroatoms. The molecule has 0 bridgehead atoms. The predicted molar refractivity (Wildman–Crippen MR) is 102 cm³/mol. The first-order chi connectivity index (χ1) is 12.9. The van der Waals surface area contributed by atoms with Crippen LogP contribution in [0.25, 0.3) is 0 Å². The van der Waals surface area contributed by atoms with Crippen molar-refractivity contribution in [2.45, 2.75) is 0 Å². The Hall–Kier alpha value is -2.71. The highest BCUT2D eigenvalue weighted by Crippen LogP contribution is 2.32. The summed E-state index contributed by atoms with van der Waals surface area (Å²) in [6.45, 7) is 3.06. The van der Waals surface area contributed by atoms with Crippen LogP contribution in [0.4, 0.5) is 21.5 Å². The zero-order valence-electron chi connectivity index (χ0n) is 14.6. The number of carbonyl (C=O) groups is 1. The first-order valence-electron chi connectivity index (χ1n) is 8.34. The number of nitrogens with one attached hydrogen (secondary N) is 1. The second-order valence-electron chi connectivity index (χ2n) is 6.30. The van der Waals surface area contributed by atoms with E-state index in [-0.39, 0.29) is 22.0 Å². The summed E-state index contributed by atoms with van der Waals surface area (Å²) in [4.78, 5) is 27.4. The van der Waals surface area contributed by atoms with E-state index < -0.39 is 16.6 Å². The molecule has 1 N–H and O–H groups in total. The third-order valence-corrected chi connectivity index (χ3v) is 4.79. The van der Waals surface area contributed by atoms with Gasteiger partial charge < -0.3 is 15.1 Å². The highest BCUT2D eigenvalue weighted by Gasteiger charge is 2.22. The minimum Gasteiger partial charge on any atom is -0.367 e. The minimum absolute atomic E-state index is 0.0286. The lowest BCUT2D eigenvalue weighted by Gasteiger charge is -2.35. The fourth-order valence-corrected chi connectivity index (χ4v) is 3.21. The van der Waals surface area contributed by atoms with E-state index >= 15 is 0 Å². The minimum atomic E-state index is -0.758. The molecular weight excluding hydrogens is 375 g/mol. The third kappa shape index (κ3) is 4.17. The number of rotatable bonds is 4. The standard InChI is InChI=1S/C18H18ClFN4O3/c1-22-7-9-23(10-8-22)16-6-5-12(24(26)27)11-15(16)21-18(25)17-13(19)3-2-4-14(17)20/h2-6,11H,7-10H2,1H3,(H,21,25). The number of nitro groups is 1. The second kappa shape index (κ2) is 7.89. The summed E-state index contributed by atoms with van der Waals surface area (Å²) in [5, 5.41) is 13.7. The fourth-order valence-electron chi connectivity index (χ4n) is 2.96. The molecule has 1 fully saturated rings. The first kappa shape index (κ1) is 19.1. The van der Waals surface area contributed by atoms with Crippen molar-refractivity contribution in [2.24, 2.45) is 0 Å². The normalized spacial score (nSPS) is 14.9. The van der Waals surface area contributed by atoms with Gasteiger partial charge in [0.2, 0.25) is 0 Å². The van der Waals surface area contributed by atoms with Crippen molar-refractivity contribution >= 4 is 34.6 Å². The number of halogens is 2. The number of nitrogens with zero attached hydrogens (tertiary/aromatic N) is 3. The van der Waals surface area contributed by atoms with Crippen LogP contribution in [0.1, 0.15) is 10.4 Å². The van der Waals surface area contributed by atoms with Crippen molar-refractivity contribution in [3.05, 3.63) is 62.9 Å². The molecule has 0 aromatic heterocycles. The number of benzene rings is 2. The number of carbonyl (C=O) groups excluding carboxylic acids is 1. The molecule has 1 aliphatic heterocycles. The number of amides is 1. The van der Waals surface area contributed by atoms with Crippen molar-refractivity contribution in [2.75, 3.05) is 43.4 Å². The summed E-state index contributed by atoms with van der Waals surface area (Å²) in [5.74, 6) is -1.51. The number of anilines is 2. The molecule has 27 heavy (non-hydrogen) atoms. The molecule has 142 valence electrons. The largest absolute Gasteiger partial charge is 0.367 e. The molecule has 2 aromatic rings. The van der Waals surface area contributed by atoms with E-state index in [1.165, 1.54) is 24.3 Å². The van der Waals surface area contributed by atoms with Gasteiger partial charge in [-0.15, -0.1) is 0 Å². The number of hydrogen-bond acceptors (Lipinski definition) is 5. The Balaban J connectivity index is 1.95. The van der Waals surface area contributed by atoms with Crippen LogP contribution in [-0.2, 0) is 0 Å². The van der Waals surface area contributed by atoms with E-state index in [0.717, 1.165) is 19.2 Å². The summed E-state index contributed by atoms with van der Waals surface area (Å²) in [5.41, 5.74) is 0.436. The van der Waals surface area contributed by atoms with Crippen LogP contribution in [0.2, 0.25) is 5.02 Å². The van der Waals surface area contributed by atoms with Gasteiger partial charge in [0.25, 0.3) is 11.6 Å². The maximum Gasteiger partial charge on any atom is 0.271 e. The highest BCUT2D eigenvalue weighted by atomic mass is 35.5. The molecule has 0 saturated carbocycles. The molecule has 7 nitrogen and oxygen atoms in total. The van der Waals surface area contributed by atoms with Crippen LogP contribution in [0.5, 0.6) is 0 Å². The smallest absolute Gasteiger partial charge is 0.271 e. The first-order valence-corrected chi connectivity index (χ1v) is 8.72. The number of likely N-dealkylation sites (N-methyl/N-ethyl adjacent to an activating group) is 1. The van der Waals surface area contributed by atoms with Crippen LogP contribution in [-0.4, -0.2) is 49.0 Å². The van der Waals surface area contributed by atoms with Gasteiger partial charge in [0.15, 0.2) is 0 Å². The van der Waals surface area contributed by atoms with Gasteiger partial charge in [-0.2, -0.15) is 0 Å². The molecule has 1 aliphatic rings. The predicted octanol–water partition coefficient (Wildman–Crippen LogP) is 3.39. The van der Waals surface area contributed by atoms with Crippen molar-refractivity contribution in [3.63, 3.8) is 0 Å². The second-order valence-corrected chi connectivity index (χ2v) is 6.71. The summed E-state index contributed by atoms with van der Waals surface area (Å²) >= 11 is 5.95. The molecule has 0 atom stereocenters. The highest BCUT2D eigenvalue weighted by molar-refractivity contribution is 6.34. The van der Waals surface area contributed by atoms with Crippen molar-refractivity contribution < 1.29 is 14.1 Å². The number of hydrogen-bond donors (Lipinski definition) is 1. The van der Waals surface area contributed by atoms with E-state index in [2.05, 4.69) is 10.2 Å². The zero-order valence-corrected chi connectivity index (χ0v) is 15.4. The Labute approximate surface area is 160 Å². The fraction of sp³-hybridized carbons (Fsp3) is 0.278. The van der Waals surface area contributed by atoms with E-state index in [1.54, 1.807) is 6.07 Å². The molecule has 0 aliphatic carbocycles. The Kier molecular flexibility index (Phi) is 5.57. The summed E-state index contributed by atoms with van der Waals surface area (Å²) < 4.78 is 14.0. The number of non-ortho nitro benzene ring substituents is 1. The summed E-state index contributed by atoms with van der Waals surface area (Å²) in [6, 6.07) is 8.21. The van der Waals surface area contributed by atoms with Crippen LogP contribution >= 0.6 is 11.6 Å². The third-order valence-electron chi connectivity index (χ3n) is 4.47. The van der Waals surface area contributed by atoms with Gasteiger partial charge >= 0.3 is 0 Å². The molecular formula is C18H18ClFN4O3. The Bertz CT molecular complexity index is 865. The molecule has 0 unspecified atom stereocenters. The number of piperazine rings is 1. The zero-order chi connectivity index (χ0) is 19.6. The van der Waals surface area contributed by atoms with E-state index in [4.69, 9.17) is 11.6 Å². The van der Waals surface area contributed by atoms with Gasteiger partial charge in [-0.3, -0.25) is 14.9 Å². The maximum absolute atomic E-state index is 14.0. The van der Waals surface area contributed by atoms with Crippen LogP contribution in [0.15, 0.2) is 36.4 Å². The lowest BCUT2D eigenvalue weighted by atomic mass is 10.1. The molecule has 0 spiro atoms. The topological polar surface area (TPSA) is 78.7 Å². The van der Waals surface area contributed by atoms with Crippen molar-refractivity contribution in [1.29, 1.82) is 0 Å². The maximum atomic E-state index is 14.0. The summed E-state index contributed by atoms with van der Waals surface area (Å²) in [6.07, 6.45) is 0. The summed E-state index contributed by atoms with van der Waals surface area (Å²) in [7, 11) is 2.01. The lowest BCUT2D eigenvalue weighted by Crippen LogP contribution is -2.44. The van der Waals surface area contributed by atoms with E-state index in [1.807, 2.05) is 11.9 Å². The van der Waals surface area contributed by atoms with Gasteiger partial charge in [-0.25, -0.2) is 4.39 Å². The Morgan fingerprint density at radius 3 is 2.56 bits per heavy atom. The average molecular weight is 393 g/mol. The quantitative estimate of drug-likeness (QED) is 0.637. The monoisotopic (exact) mass is 392 g/mol.